The van der Waals surface area contributed by atoms with Crippen molar-refractivity contribution in [2.75, 3.05) is 12.4 Å². The minimum Gasteiger partial charge on any atom is -0.490 e. The van der Waals surface area contributed by atoms with Crippen LogP contribution in [0, 0.1) is 10.1 Å². The van der Waals surface area contributed by atoms with E-state index in [4.69, 9.17) is 15.5 Å². The Morgan fingerprint density at radius 1 is 0.975 bits per heavy atom. The predicted molar refractivity (Wildman–Crippen MR) is 153 cm³/mol. The Morgan fingerprint density at radius 3 is 2.50 bits per heavy atom. The van der Waals surface area contributed by atoms with Gasteiger partial charge in [-0.3, -0.25) is 19.3 Å². The lowest BCUT2D eigenvalue weighted by atomic mass is 10.1. The molecular formula is C30H28N6O4. The standard InChI is InChI=1S/C30H28N6O4/c1-40-26-13-12-23(16-25(26)36(38)39)27-29(32-18-20-7-3-2-4-8-20)35-14-6-11-24(28(35)34-27)30(37)33-19-22-10-5-9-21(15-22)17-31/h2-16,32H,17-19,31H2,1H3,(H,33,37). The van der Waals surface area contributed by atoms with Gasteiger partial charge in [0.25, 0.3) is 5.91 Å². The fourth-order valence-electron chi connectivity index (χ4n) is 4.52. The average molecular weight is 537 g/mol. The summed E-state index contributed by atoms with van der Waals surface area (Å²) in [5, 5.41) is 18.1. The van der Waals surface area contributed by atoms with E-state index in [0.717, 1.165) is 16.7 Å². The van der Waals surface area contributed by atoms with Gasteiger partial charge >= 0.3 is 5.69 Å². The number of pyridine rings is 1. The smallest absolute Gasteiger partial charge is 0.311 e. The Kier molecular flexibility index (Phi) is 7.70. The number of benzene rings is 3. The molecule has 3 aromatic carbocycles. The number of nitrogens with zero attached hydrogens (tertiary/aromatic N) is 3. The third-order valence-corrected chi connectivity index (χ3v) is 6.53. The molecule has 0 unspecified atom stereocenters. The predicted octanol–water partition coefficient (Wildman–Crippen LogP) is 4.92. The number of hydrogen-bond acceptors (Lipinski definition) is 7. The maximum Gasteiger partial charge on any atom is 0.311 e. The first-order valence-corrected chi connectivity index (χ1v) is 12.7. The number of aromatic nitrogens is 2. The van der Waals surface area contributed by atoms with Crippen molar-refractivity contribution in [1.82, 2.24) is 14.7 Å². The van der Waals surface area contributed by atoms with Crippen molar-refractivity contribution in [2.45, 2.75) is 19.6 Å². The number of nitrogens with one attached hydrogen (secondary N) is 2. The number of fused-ring (bicyclic) bond motifs is 1. The molecule has 0 aliphatic rings. The van der Waals surface area contributed by atoms with E-state index in [1.165, 1.54) is 13.2 Å². The van der Waals surface area contributed by atoms with Crippen LogP contribution in [0.1, 0.15) is 27.0 Å². The van der Waals surface area contributed by atoms with Crippen molar-refractivity contribution < 1.29 is 14.5 Å². The lowest BCUT2D eigenvalue weighted by Crippen LogP contribution is -2.23. The Bertz CT molecular complexity index is 1680. The first kappa shape index (κ1) is 26.4. The van der Waals surface area contributed by atoms with Gasteiger partial charge in [-0.1, -0.05) is 54.6 Å². The Balaban J connectivity index is 1.55. The van der Waals surface area contributed by atoms with Gasteiger partial charge < -0.3 is 21.1 Å². The van der Waals surface area contributed by atoms with Crippen molar-refractivity contribution >= 4 is 23.1 Å². The highest BCUT2D eigenvalue weighted by Crippen LogP contribution is 2.36. The lowest BCUT2D eigenvalue weighted by Gasteiger charge is -2.11. The van der Waals surface area contributed by atoms with Gasteiger partial charge in [0, 0.05) is 37.5 Å². The van der Waals surface area contributed by atoms with Crippen LogP contribution >= 0.6 is 0 Å². The second kappa shape index (κ2) is 11.7. The minimum atomic E-state index is -0.492. The monoisotopic (exact) mass is 536 g/mol. The highest BCUT2D eigenvalue weighted by molar-refractivity contribution is 6.01. The number of nitrogens with two attached hydrogens (primary N) is 1. The summed E-state index contributed by atoms with van der Waals surface area (Å²) >= 11 is 0. The molecule has 2 heterocycles. The number of carbonyl (C=O) groups is 1. The molecular weight excluding hydrogens is 508 g/mol. The summed E-state index contributed by atoms with van der Waals surface area (Å²) in [6.45, 7) is 1.22. The molecule has 202 valence electrons. The summed E-state index contributed by atoms with van der Waals surface area (Å²) in [7, 11) is 1.39. The summed E-state index contributed by atoms with van der Waals surface area (Å²) < 4.78 is 6.97. The highest BCUT2D eigenvalue weighted by atomic mass is 16.6. The fraction of sp³-hybridized carbons (Fsp3) is 0.133. The van der Waals surface area contributed by atoms with Crippen LogP contribution in [0.15, 0.2) is 91.1 Å². The molecule has 2 aromatic heterocycles. The molecule has 0 aliphatic heterocycles. The normalized spacial score (nSPS) is 10.8. The molecule has 0 radical (unpaired) electrons. The second-order valence-corrected chi connectivity index (χ2v) is 9.11. The molecule has 10 nitrogen and oxygen atoms in total. The summed E-state index contributed by atoms with van der Waals surface area (Å²) in [5.41, 5.74) is 10.3. The van der Waals surface area contributed by atoms with Crippen LogP contribution in [-0.4, -0.2) is 27.3 Å². The molecule has 0 saturated carbocycles. The van der Waals surface area contributed by atoms with E-state index >= 15 is 0 Å². The summed E-state index contributed by atoms with van der Waals surface area (Å²) in [4.78, 5) is 29.4. The number of carbonyl (C=O) groups excluding carboxylic acids is 1. The van der Waals surface area contributed by atoms with E-state index in [0.29, 0.717) is 47.9 Å². The molecule has 0 bridgehead atoms. The summed E-state index contributed by atoms with van der Waals surface area (Å²) in [6, 6.07) is 25.7. The zero-order valence-corrected chi connectivity index (χ0v) is 21.8. The van der Waals surface area contributed by atoms with E-state index in [2.05, 4.69) is 10.6 Å². The van der Waals surface area contributed by atoms with Crippen molar-refractivity contribution in [3.63, 3.8) is 0 Å². The molecule has 10 heteroatoms. The van der Waals surface area contributed by atoms with Gasteiger partial charge in [-0.05, 0) is 41.0 Å². The van der Waals surface area contributed by atoms with E-state index in [-0.39, 0.29) is 17.3 Å². The second-order valence-electron chi connectivity index (χ2n) is 9.11. The number of hydrogen-bond donors (Lipinski definition) is 3. The van der Waals surface area contributed by atoms with Gasteiger partial charge in [0.2, 0.25) is 0 Å². The molecule has 4 N–H and O–H groups in total. The number of ether oxygens (including phenoxy) is 1. The number of rotatable bonds is 10. The van der Waals surface area contributed by atoms with Crippen LogP contribution in [0.25, 0.3) is 16.9 Å². The summed E-state index contributed by atoms with van der Waals surface area (Å²) in [5.74, 6) is 0.453. The number of methoxy groups -OCH3 is 1. The van der Waals surface area contributed by atoms with Crippen LogP contribution in [0.2, 0.25) is 0 Å². The largest absolute Gasteiger partial charge is 0.490 e. The van der Waals surface area contributed by atoms with Crippen molar-refractivity contribution in [3.8, 4) is 17.0 Å². The van der Waals surface area contributed by atoms with E-state index < -0.39 is 4.92 Å². The molecule has 5 aromatic rings. The van der Waals surface area contributed by atoms with Crippen molar-refractivity contribution in [2.24, 2.45) is 5.73 Å². The molecule has 0 spiro atoms. The SMILES string of the molecule is COc1ccc(-c2nc3c(C(=O)NCc4cccc(CN)c4)cccn3c2NCc2ccccc2)cc1[N+](=O)[O-]. The molecule has 40 heavy (non-hydrogen) atoms. The van der Waals surface area contributed by atoms with Crippen LogP contribution in [0.4, 0.5) is 11.5 Å². The topological polar surface area (TPSA) is 137 Å². The Hall–Kier alpha value is -5.22. The van der Waals surface area contributed by atoms with Crippen LogP contribution in [0.5, 0.6) is 5.75 Å². The molecule has 0 fully saturated rings. The third-order valence-electron chi connectivity index (χ3n) is 6.53. The third kappa shape index (κ3) is 5.47. The molecule has 0 aliphatic carbocycles. The van der Waals surface area contributed by atoms with Crippen molar-refractivity contribution in [1.29, 1.82) is 0 Å². The van der Waals surface area contributed by atoms with Gasteiger partial charge in [-0.15, -0.1) is 0 Å². The lowest BCUT2D eigenvalue weighted by molar-refractivity contribution is -0.385. The van der Waals surface area contributed by atoms with Gasteiger partial charge in [-0.25, -0.2) is 4.98 Å². The van der Waals surface area contributed by atoms with E-state index in [1.54, 1.807) is 34.9 Å². The zero-order chi connectivity index (χ0) is 28.1. The van der Waals surface area contributed by atoms with Crippen LogP contribution in [-0.2, 0) is 19.6 Å². The number of nitro groups is 1. The maximum absolute atomic E-state index is 13.3. The molecule has 1 amide bonds. The minimum absolute atomic E-state index is 0.148. The van der Waals surface area contributed by atoms with Gasteiger partial charge in [0.1, 0.15) is 11.5 Å². The molecule has 0 saturated heterocycles. The Labute approximate surface area is 230 Å². The van der Waals surface area contributed by atoms with Gasteiger partial charge in [0.05, 0.1) is 17.6 Å². The Morgan fingerprint density at radius 2 is 1.75 bits per heavy atom. The van der Waals surface area contributed by atoms with Crippen LogP contribution in [0.3, 0.4) is 0 Å². The zero-order valence-electron chi connectivity index (χ0n) is 21.8. The highest BCUT2D eigenvalue weighted by Gasteiger charge is 2.22. The van der Waals surface area contributed by atoms with Crippen LogP contribution < -0.4 is 21.1 Å². The van der Waals surface area contributed by atoms with Gasteiger partial charge in [0.15, 0.2) is 11.4 Å². The first-order chi connectivity index (χ1) is 19.5. The molecule has 5 rings (SSSR count). The number of anilines is 1. The first-order valence-electron chi connectivity index (χ1n) is 12.7. The average Bonchev–Trinajstić information content (AvgIpc) is 3.37. The number of imidazole rings is 1. The van der Waals surface area contributed by atoms with Crippen molar-refractivity contribution in [3.05, 3.63) is 123 Å². The van der Waals surface area contributed by atoms with E-state index in [9.17, 15) is 14.9 Å². The fourth-order valence-corrected chi connectivity index (χ4v) is 4.52. The van der Waals surface area contributed by atoms with Gasteiger partial charge in [-0.2, -0.15) is 0 Å². The number of nitro benzene ring substituents is 1. The van der Waals surface area contributed by atoms with E-state index in [1.807, 2.05) is 54.6 Å². The molecule has 0 atom stereocenters. The number of amides is 1. The quantitative estimate of drug-likeness (QED) is 0.170. The summed E-state index contributed by atoms with van der Waals surface area (Å²) in [6.07, 6.45) is 1.80. The maximum atomic E-state index is 13.3.